The molecule has 0 bridgehead atoms. The minimum absolute atomic E-state index is 0.0192. The van der Waals surface area contributed by atoms with E-state index in [-0.39, 0.29) is 12.3 Å². The Morgan fingerprint density at radius 1 is 1.43 bits per heavy atom. The Kier molecular flexibility index (Phi) is 4.96. The van der Waals surface area contributed by atoms with Gasteiger partial charge in [0.1, 0.15) is 5.69 Å². The molecule has 1 amide bonds. The predicted molar refractivity (Wildman–Crippen MR) is 90.2 cm³/mol. The molecule has 3 rings (SSSR count). The van der Waals surface area contributed by atoms with Crippen LogP contribution in [0.2, 0.25) is 0 Å². The number of likely N-dealkylation sites (tertiary alicyclic amines) is 1. The fourth-order valence-corrected chi connectivity index (χ4v) is 3.27. The number of nitrogens with zero attached hydrogens (tertiary/aromatic N) is 2. The van der Waals surface area contributed by atoms with Crippen LogP contribution in [0.15, 0.2) is 28.8 Å². The van der Waals surface area contributed by atoms with Crippen molar-refractivity contribution >= 4 is 16.9 Å². The summed E-state index contributed by atoms with van der Waals surface area (Å²) in [6, 6.07) is 8.22. The Labute approximate surface area is 137 Å². The van der Waals surface area contributed by atoms with Crippen molar-refractivity contribution in [1.29, 1.82) is 0 Å². The topological polar surface area (TPSA) is 58.4 Å². The van der Waals surface area contributed by atoms with Crippen molar-refractivity contribution in [3.8, 4) is 0 Å². The Morgan fingerprint density at radius 3 is 3.09 bits per heavy atom. The minimum atomic E-state index is 0.0192. The van der Waals surface area contributed by atoms with Crippen molar-refractivity contribution in [2.75, 3.05) is 19.6 Å². The Bertz CT molecular complexity index is 665. The molecule has 2 heterocycles. The van der Waals surface area contributed by atoms with Crippen LogP contribution < -0.4 is 5.32 Å². The van der Waals surface area contributed by atoms with Gasteiger partial charge in [-0.2, -0.15) is 0 Å². The highest BCUT2D eigenvalue weighted by Crippen LogP contribution is 2.19. The Hall–Kier alpha value is -1.88. The molecular weight excluding hydrogens is 290 g/mol. The second-order valence-corrected chi connectivity index (χ2v) is 6.70. The zero-order chi connectivity index (χ0) is 16.2. The summed E-state index contributed by atoms with van der Waals surface area (Å²) in [5, 5.41) is 8.01. The number of carbonyl (C=O) groups is 1. The van der Waals surface area contributed by atoms with Crippen LogP contribution >= 0.6 is 0 Å². The van der Waals surface area contributed by atoms with Crippen LogP contribution in [0, 0.1) is 5.92 Å². The highest BCUT2D eigenvalue weighted by atomic mass is 16.5. The van der Waals surface area contributed by atoms with Crippen LogP contribution in [0.4, 0.5) is 0 Å². The van der Waals surface area contributed by atoms with Gasteiger partial charge in [0.2, 0.25) is 5.91 Å². The molecule has 23 heavy (non-hydrogen) atoms. The molecule has 1 N–H and O–H groups in total. The lowest BCUT2D eigenvalue weighted by Crippen LogP contribution is -2.44. The van der Waals surface area contributed by atoms with Gasteiger partial charge in [-0.25, -0.2) is 0 Å². The van der Waals surface area contributed by atoms with E-state index < -0.39 is 0 Å². The number of benzene rings is 1. The van der Waals surface area contributed by atoms with Crippen molar-refractivity contribution in [2.45, 2.75) is 39.2 Å². The third-order valence-corrected chi connectivity index (χ3v) is 4.65. The van der Waals surface area contributed by atoms with Crippen molar-refractivity contribution in [3.05, 3.63) is 30.0 Å². The van der Waals surface area contributed by atoms with Gasteiger partial charge in [0.15, 0.2) is 5.58 Å². The second-order valence-electron chi connectivity index (χ2n) is 6.70. The molecule has 0 aliphatic carbocycles. The van der Waals surface area contributed by atoms with E-state index in [1.54, 1.807) is 0 Å². The van der Waals surface area contributed by atoms with Crippen LogP contribution in [0.25, 0.3) is 11.0 Å². The van der Waals surface area contributed by atoms with Gasteiger partial charge in [-0.1, -0.05) is 17.3 Å². The number of para-hydroxylation sites is 1. The lowest BCUT2D eigenvalue weighted by molar-refractivity contribution is -0.120. The molecule has 5 nitrogen and oxygen atoms in total. The summed E-state index contributed by atoms with van der Waals surface area (Å²) in [5.41, 5.74) is 1.45. The monoisotopic (exact) mass is 315 g/mol. The van der Waals surface area contributed by atoms with Crippen LogP contribution in [-0.4, -0.2) is 41.6 Å². The molecule has 0 unspecified atom stereocenters. The summed E-state index contributed by atoms with van der Waals surface area (Å²) in [4.78, 5) is 14.7. The zero-order valence-corrected chi connectivity index (χ0v) is 13.9. The number of hydrogen-bond acceptors (Lipinski definition) is 4. The second kappa shape index (κ2) is 7.13. The van der Waals surface area contributed by atoms with Gasteiger partial charge in [-0.15, -0.1) is 0 Å². The molecular formula is C18H25N3O2. The maximum absolute atomic E-state index is 12.2. The van der Waals surface area contributed by atoms with Gasteiger partial charge in [0.25, 0.3) is 0 Å². The minimum Gasteiger partial charge on any atom is -0.356 e. The standard InChI is InChI=1S/C18H25N3O2/c1-13(2)21-9-5-6-14(12-21)11-19-18(22)10-16-15-7-3-4-8-17(15)23-20-16/h3-4,7-8,13-14H,5-6,9-12H2,1-2H3,(H,19,22)/t14-/m1/s1. The van der Waals surface area contributed by atoms with E-state index in [9.17, 15) is 4.79 Å². The molecule has 0 saturated carbocycles. The van der Waals surface area contributed by atoms with Crippen molar-refractivity contribution in [1.82, 2.24) is 15.4 Å². The Morgan fingerprint density at radius 2 is 2.26 bits per heavy atom. The van der Waals surface area contributed by atoms with E-state index in [0.717, 1.165) is 24.1 Å². The van der Waals surface area contributed by atoms with Gasteiger partial charge in [-0.3, -0.25) is 4.79 Å². The van der Waals surface area contributed by atoms with Gasteiger partial charge in [0, 0.05) is 24.5 Å². The quantitative estimate of drug-likeness (QED) is 0.921. The number of amides is 1. The predicted octanol–water partition coefficient (Wildman–Crippen LogP) is 2.61. The SMILES string of the molecule is CC(C)N1CCC[C@H](CNC(=O)Cc2noc3ccccc23)C1. The molecule has 1 atom stereocenters. The van der Waals surface area contributed by atoms with Crippen molar-refractivity contribution < 1.29 is 9.32 Å². The fraction of sp³-hybridized carbons (Fsp3) is 0.556. The summed E-state index contributed by atoms with van der Waals surface area (Å²) in [6.07, 6.45) is 2.68. The average molecular weight is 315 g/mol. The first-order valence-corrected chi connectivity index (χ1v) is 8.47. The maximum Gasteiger partial charge on any atom is 0.226 e. The summed E-state index contributed by atoms with van der Waals surface area (Å²) in [7, 11) is 0. The molecule has 1 aromatic carbocycles. The maximum atomic E-state index is 12.2. The van der Waals surface area contributed by atoms with Gasteiger partial charge in [0.05, 0.1) is 6.42 Å². The van der Waals surface area contributed by atoms with Crippen LogP contribution in [-0.2, 0) is 11.2 Å². The summed E-state index contributed by atoms with van der Waals surface area (Å²) in [6.45, 7) is 7.46. The number of rotatable bonds is 5. The third-order valence-electron chi connectivity index (χ3n) is 4.65. The van der Waals surface area contributed by atoms with E-state index in [2.05, 4.69) is 29.2 Å². The van der Waals surface area contributed by atoms with E-state index >= 15 is 0 Å². The third kappa shape index (κ3) is 3.91. The molecule has 0 spiro atoms. The first kappa shape index (κ1) is 16.0. The van der Waals surface area contributed by atoms with Crippen LogP contribution in [0.1, 0.15) is 32.4 Å². The lowest BCUT2D eigenvalue weighted by Gasteiger charge is -2.35. The van der Waals surface area contributed by atoms with E-state index in [1.165, 1.54) is 19.4 Å². The number of aromatic nitrogens is 1. The molecule has 0 radical (unpaired) electrons. The largest absolute Gasteiger partial charge is 0.356 e. The fourth-order valence-electron chi connectivity index (χ4n) is 3.27. The van der Waals surface area contributed by atoms with Crippen molar-refractivity contribution in [3.63, 3.8) is 0 Å². The zero-order valence-electron chi connectivity index (χ0n) is 13.9. The molecule has 1 saturated heterocycles. The average Bonchev–Trinajstić information content (AvgIpc) is 2.96. The Balaban J connectivity index is 1.52. The highest BCUT2D eigenvalue weighted by Gasteiger charge is 2.22. The number of fused-ring (bicyclic) bond motifs is 1. The number of carbonyl (C=O) groups excluding carboxylic acids is 1. The van der Waals surface area contributed by atoms with E-state index in [4.69, 9.17) is 4.52 Å². The van der Waals surface area contributed by atoms with Gasteiger partial charge >= 0.3 is 0 Å². The molecule has 1 aromatic heterocycles. The number of nitrogens with one attached hydrogen (secondary N) is 1. The molecule has 1 aliphatic rings. The summed E-state index contributed by atoms with van der Waals surface area (Å²) >= 11 is 0. The first-order chi connectivity index (χ1) is 11.1. The highest BCUT2D eigenvalue weighted by molar-refractivity contribution is 5.86. The van der Waals surface area contributed by atoms with E-state index in [1.807, 2.05) is 24.3 Å². The number of hydrogen-bond donors (Lipinski definition) is 1. The summed E-state index contributed by atoms with van der Waals surface area (Å²) < 4.78 is 5.25. The lowest BCUT2D eigenvalue weighted by atomic mass is 9.97. The van der Waals surface area contributed by atoms with Crippen LogP contribution in [0.3, 0.4) is 0 Å². The number of piperidine rings is 1. The molecule has 2 aromatic rings. The molecule has 5 heteroatoms. The van der Waals surface area contributed by atoms with Gasteiger partial charge in [-0.05, 0) is 51.3 Å². The first-order valence-electron chi connectivity index (χ1n) is 8.47. The van der Waals surface area contributed by atoms with Crippen molar-refractivity contribution in [2.24, 2.45) is 5.92 Å². The molecule has 1 aliphatic heterocycles. The summed E-state index contributed by atoms with van der Waals surface area (Å²) in [5.74, 6) is 0.565. The normalized spacial score (nSPS) is 19.3. The smallest absolute Gasteiger partial charge is 0.226 e. The molecule has 124 valence electrons. The molecule has 1 fully saturated rings. The van der Waals surface area contributed by atoms with E-state index in [0.29, 0.717) is 17.7 Å². The van der Waals surface area contributed by atoms with Crippen LogP contribution in [0.5, 0.6) is 0 Å². The van der Waals surface area contributed by atoms with Gasteiger partial charge < -0.3 is 14.7 Å².